The summed E-state index contributed by atoms with van der Waals surface area (Å²) >= 11 is 0. The topological polar surface area (TPSA) is 103 Å². The van der Waals surface area contributed by atoms with E-state index < -0.39 is 11.8 Å². The number of rotatable bonds is 6. The number of ether oxygens (including phenoxy) is 3. The largest absolute Gasteiger partial charge is 0.454 e. The molecule has 0 saturated carbocycles. The molecule has 1 saturated heterocycles. The molecule has 0 spiro atoms. The van der Waals surface area contributed by atoms with E-state index in [1.165, 1.54) is 11.1 Å². The lowest BCUT2D eigenvalue weighted by molar-refractivity contribution is -0.908. The van der Waals surface area contributed by atoms with Crippen LogP contribution in [0.1, 0.15) is 12.0 Å². The Labute approximate surface area is 151 Å². The Morgan fingerprint density at radius 3 is 2.81 bits per heavy atom. The number of nitrogens with one attached hydrogen (secondary N) is 3. The van der Waals surface area contributed by atoms with E-state index in [9.17, 15) is 9.59 Å². The zero-order chi connectivity index (χ0) is 18.2. The van der Waals surface area contributed by atoms with Crippen molar-refractivity contribution in [1.82, 2.24) is 10.7 Å². The molecule has 0 aromatic heterocycles. The van der Waals surface area contributed by atoms with Gasteiger partial charge in [-0.3, -0.25) is 9.59 Å². The van der Waals surface area contributed by atoms with Gasteiger partial charge in [0.25, 0.3) is 0 Å². The molecule has 1 aromatic carbocycles. The van der Waals surface area contributed by atoms with Gasteiger partial charge in [0.2, 0.25) is 6.79 Å². The number of hydrogen-bond acceptors (Lipinski definition) is 6. The van der Waals surface area contributed by atoms with E-state index in [1.807, 2.05) is 0 Å². The maximum absolute atomic E-state index is 11.7. The summed E-state index contributed by atoms with van der Waals surface area (Å²) in [5.41, 5.74) is 2.94. The van der Waals surface area contributed by atoms with Gasteiger partial charge in [-0.05, 0) is 23.8 Å². The van der Waals surface area contributed by atoms with Crippen molar-refractivity contribution in [2.45, 2.75) is 6.42 Å². The van der Waals surface area contributed by atoms with Crippen molar-refractivity contribution < 1.29 is 28.7 Å². The molecule has 9 heteroatoms. The minimum absolute atomic E-state index is 0.194. The van der Waals surface area contributed by atoms with E-state index in [1.54, 1.807) is 18.2 Å². The summed E-state index contributed by atoms with van der Waals surface area (Å²) in [6, 6.07) is 5.28. The van der Waals surface area contributed by atoms with Crippen LogP contribution in [0, 0.1) is 0 Å². The molecule has 0 unspecified atom stereocenters. The molecule has 1 fully saturated rings. The van der Waals surface area contributed by atoms with Gasteiger partial charge >= 0.3 is 11.8 Å². The van der Waals surface area contributed by atoms with Crippen molar-refractivity contribution >= 4 is 18.0 Å². The molecule has 0 aliphatic carbocycles. The Morgan fingerprint density at radius 1 is 1.15 bits per heavy atom. The molecular weight excluding hydrogens is 340 g/mol. The minimum Gasteiger partial charge on any atom is -0.454 e. The highest BCUT2D eigenvalue weighted by molar-refractivity contribution is 6.35. The fourth-order valence-corrected chi connectivity index (χ4v) is 2.74. The summed E-state index contributed by atoms with van der Waals surface area (Å²) in [7, 11) is 0. The molecule has 2 aliphatic heterocycles. The second kappa shape index (κ2) is 9.16. The van der Waals surface area contributed by atoms with Gasteiger partial charge in [-0.1, -0.05) is 0 Å². The standard InChI is InChI=1S/C17H22N4O5/c22-16(18-4-1-5-21-6-8-24-9-7-21)17(23)20-19-11-13-2-3-14-15(10-13)26-12-25-14/h2-3,10-11H,1,4-9,12H2,(H,18,22)(H,20,23)/p+1/b19-11-. The Kier molecular flexibility index (Phi) is 6.39. The first-order valence-electron chi connectivity index (χ1n) is 8.64. The highest BCUT2D eigenvalue weighted by Gasteiger charge is 2.15. The van der Waals surface area contributed by atoms with Crippen molar-refractivity contribution in [3.63, 3.8) is 0 Å². The summed E-state index contributed by atoms with van der Waals surface area (Å²) in [6.07, 6.45) is 2.25. The van der Waals surface area contributed by atoms with Crippen LogP contribution in [0.15, 0.2) is 23.3 Å². The Balaban J connectivity index is 1.34. The molecule has 3 N–H and O–H groups in total. The van der Waals surface area contributed by atoms with Gasteiger partial charge in [-0.2, -0.15) is 5.10 Å². The van der Waals surface area contributed by atoms with Gasteiger partial charge in [-0.25, -0.2) is 5.43 Å². The second-order valence-corrected chi connectivity index (χ2v) is 6.03. The number of morpholine rings is 1. The fourth-order valence-electron chi connectivity index (χ4n) is 2.74. The molecule has 2 heterocycles. The third-order valence-corrected chi connectivity index (χ3v) is 4.18. The number of hydrogen-bond donors (Lipinski definition) is 3. The van der Waals surface area contributed by atoms with Crippen molar-refractivity contribution in [2.24, 2.45) is 5.10 Å². The molecule has 140 valence electrons. The van der Waals surface area contributed by atoms with Gasteiger partial charge in [0.05, 0.1) is 26.0 Å². The minimum atomic E-state index is -0.791. The molecule has 0 radical (unpaired) electrons. The van der Waals surface area contributed by atoms with Gasteiger partial charge in [0.15, 0.2) is 11.5 Å². The normalized spacial score (nSPS) is 16.6. The summed E-state index contributed by atoms with van der Waals surface area (Å²) in [6.45, 7) is 5.15. The second-order valence-electron chi connectivity index (χ2n) is 6.03. The number of nitrogens with zero attached hydrogens (tertiary/aromatic N) is 1. The lowest BCUT2D eigenvalue weighted by Crippen LogP contribution is -3.14. The maximum atomic E-state index is 11.7. The van der Waals surface area contributed by atoms with E-state index in [4.69, 9.17) is 14.2 Å². The van der Waals surface area contributed by atoms with Crippen LogP contribution in [-0.2, 0) is 14.3 Å². The third-order valence-electron chi connectivity index (χ3n) is 4.18. The predicted octanol–water partition coefficient (Wildman–Crippen LogP) is -1.71. The zero-order valence-electron chi connectivity index (χ0n) is 14.5. The quantitative estimate of drug-likeness (QED) is 0.242. The molecule has 1 aromatic rings. The molecule has 3 rings (SSSR count). The highest BCUT2D eigenvalue weighted by atomic mass is 16.7. The molecule has 2 aliphatic rings. The van der Waals surface area contributed by atoms with E-state index in [0.717, 1.165) is 44.8 Å². The molecule has 2 amide bonds. The zero-order valence-corrected chi connectivity index (χ0v) is 14.5. The van der Waals surface area contributed by atoms with Crippen LogP contribution in [0.25, 0.3) is 0 Å². The Bertz CT molecular complexity index is 673. The molecule has 9 nitrogen and oxygen atoms in total. The fraction of sp³-hybridized carbons (Fsp3) is 0.471. The van der Waals surface area contributed by atoms with Crippen LogP contribution >= 0.6 is 0 Å². The molecular formula is C17H23N4O5+. The SMILES string of the molecule is O=C(NCCC[NH+]1CCOCC1)C(=O)N/N=C\c1ccc2c(c1)OCO2. The number of quaternary nitrogens is 1. The van der Waals surface area contributed by atoms with Crippen molar-refractivity contribution in [3.05, 3.63) is 23.8 Å². The van der Waals surface area contributed by atoms with Crippen LogP contribution in [0.2, 0.25) is 0 Å². The smallest absolute Gasteiger partial charge is 0.329 e. The van der Waals surface area contributed by atoms with E-state index in [0.29, 0.717) is 18.0 Å². The van der Waals surface area contributed by atoms with Gasteiger partial charge in [-0.15, -0.1) is 0 Å². The molecule has 0 atom stereocenters. The number of carbonyl (C=O) groups excluding carboxylic acids is 2. The van der Waals surface area contributed by atoms with E-state index in [-0.39, 0.29) is 6.79 Å². The Morgan fingerprint density at radius 2 is 1.96 bits per heavy atom. The number of fused-ring (bicyclic) bond motifs is 1. The monoisotopic (exact) mass is 363 g/mol. The van der Waals surface area contributed by atoms with Gasteiger partial charge < -0.3 is 24.4 Å². The van der Waals surface area contributed by atoms with Gasteiger partial charge in [0.1, 0.15) is 13.1 Å². The van der Waals surface area contributed by atoms with Crippen molar-refractivity contribution in [2.75, 3.05) is 46.2 Å². The number of hydrazone groups is 1. The summed E-state index contributed by atoms with van der Waals surface area (Å²) < 4.78 is 15.8. The van der Waals surface area contributed by atoms with Crippen LogP contribution in [0.4, 0.5) is 0 Å². The van der Waals surface area contributed by atoms with Crippen molar-refractivity contribution in [1.29, 1.82) is 0 Å². The first-order chi connectivity index (χ1) is 12.7. The van der Waals surface area contributed by atoms with Crippen LogP contribution in [-0.4, -0.2) is 64.2 Å². The highest BCUT2D eigenvalue weighted by Crippen LogP contribution is 2.31. The predicted molar refractivity (Wildman–Crippen MR) is 92.3 cm³/mol. The van der Waals surface area contributed by atoms with Crippen LogP contribution < -0.4 is 25.1 Å². The van der Waals surface area contributed by atoms with E-state index in [2.05, 4.69) is 15.8 Å². The Hall–Kier alpha value is -2.65. The lowest BCUT2D eigenvalue weighted by atomic mass is 10.2. The first kappa shape index (κ1) is 18.2. The average molecular weight is 363 g/mol. The third kappa shape index (κ3) is 5.17. The first-order valence-corrected chi connectivity index (χ1v) is 8.64. The number of benzene rings is 1. The summed E-state index contributed by atoms with van der Waals surface area (Å²) in [5, 5.41) is 6.39. The van der Waals surface area contributed by atoms with Gasteiger partial charge in [0, 0.05) is 13.0 Å². The van der Waals surface area contributed by atoms with Crippen LogP contribution in [0.3, 0.4) is 0 Å². The summed E-state index contributed by atoms with van der Waals surface area (Å²) in [5.74, 6) is -0.185. The molecule has 0 bridgehead atoms. The lowest BCUT2D eigenvalue weighted by Gasteiger charge is -2.23. The number of amides is 2. The number of carbonyl (C=O) groups is 2. The van der Waals surface area contributed by atoms with Crippen LogP contribution in [0.5, 0.6) is 11.5 Å². The maximum Gasteiger partial charge on any atom is 0.329 e. The molecule has 26 heavy (non-hydrogen) atoms. The summed E-state index contributed by atoms with van der Waals surface area (Å²) in [4.78, 5) is 24.9. The van der Waals surface area contributed by atoms with Crippen molar-refractivity contribution in [3.8, 4) is 11.5 Å². The average Bonchev–Trinajstić information content (AvgIpc) is 3.13. The van der Waals surface area contributed by atoms with E-state index >= 15 is 0 Å².